The molecule has 0 aromatic heterocycles. The lowest BCUT2D eigenvalue weighted by Gasteiger charge is -2.42. The Kier molecular flexibility index (Phi) is 6.12. The van der Waals surface area contributed by atoms with Gasteiger partial charge in [0.1, 0.15) is 5.60 Å². The summed E-state index contributed by atoms with van der Waals surface area (Å²) in [5, 5.41) is 2.86. The summed E-state index contributed by atoms with van der Waals surface area (Å²) in [6.45, 7) is 12.3. The van der Waals surface area contributed by atoms with Crippen LogP contribution in [0.4, 0.5) is 4.79 Å². The number of hydrogen-bond donors (Lipinski definition) is 1. The van der Waals surface area contributed by atoms with Gasteiger partial charge in [-0.15, -0.1) is 0 Å². The number of piperidine rings is 1. The predicted octanol–water partition coefficient (Wildman–Crippen LogP) is 2.42. The second-order valence-corrected chi connectivity index (χ2v) is 8.26. The number of amides is 2. The van der Waals surface area contributed by atoms with E-state index in [9.17, 15) is 9.59 Å². The standard InChI is InChI=1S/C18H32N2O4/c1-12-8-13(2)20(16(21)14-6-7-23-11-14)10-15(12)9-19-17(22)24-18(3,4)5/h12-15H,6-11H2,1-5H3,(H,19,22). The molecule has 2 amide bonds. The molecule has 6 heteroatoms. The smallest absolute Gasteiger partial charge is 0.407 e. The number of carbonyl (C=O) groups is 2. The minimum absolute atomic E-state index is 0.000297. The van der Waals surface area contributed by atoms with Crippen molar-refractivity contribution in [3.8, 4) is 0 Å². The van der Waals surface area contributed by atoms with Crippen LogP contribution in [-0.2, 0) is 14.3 Å². The summed E-state index contributed by atoms with van der Waals surface area (Å²) < 4.78 is 10.7. The maximum absolute atomic E-state index is 12.7. The first-order valence-corrected chi connectivity index (χ1v) is 9.02. The van der Waals surface area contributed by atoms with Crippen molar-refractivity contribution in [3.05, 3.63) is 0 Å². The average molecular weight is 340 g/mol. The maximum Gasteiger partial charge on any atom is 0.407 e. The number of carbonyl (C=O) groups excluding carboxylic acids is 2. The molecule has 24 heavy (non-hydrogen) atoms. The third kappa shape index (κ3) is 5.10. The molecule has 0 bridgehead atoms. The van der Waals surface area contributed by atoms with E-state index in [-0.39, 0.29) is 23.8 Å². The van der Waals surface area contributed by atoms with Crippen LogP contribution in [0.5, 0.6) is 0 Å². The van der Waals surface area contributed by atoms with Crippen molar-refractivity contribution in [2.45, 2.75) is 59.1 Å². The van der Waals surface area contributed by atoms with Gasteiger partial charge < -0.3 is 19.7 Å². The van der Waals surface area contributed by atoms with E-state index in [1.807, 2.05) is 25.7 Å². The largest absolute Gasteiger partial charge is 0.444 e. The van der Waals surface area contributed by atoms with Gasteiger partial charge in [-0.25, -0.2) is 4.79 Å². The Bertz CT molecular complexity index is 454. The maximum atomic E-state index is 12.7. The summed E-state index contributed by atoms with van der Waals surface area (Å²) in [5.74, 6) is 0.910. The molecular formula is C18H32N2O4. The molecule has 0 spiro atoms. The molecule has 4 atom stereocenters. The molecule has 2 fully saturated rings. The van der Waals surface area contributed by atoms with Crippen LogP contribution >= 0.6 is 0 Å². The first kappa shape index (κ1) is 19.0. The Hall–Kier alpha value is -1.30. The van der Waals surface area contributed by atoms with Crippen LogP contribution in [0.15, 0.2) is 0 Å². The number of hydrogen-bond acceptors (Lipinski definition) is 4. The highest BCUT2D eigenvalue weighted by Crippen LogP contribution is 2.29. The van der Waals surface area contributed by atoms with Gasteiger partial charge in [0.05, 0.1) is 12.5 Å². The van der Waals surface area contributed by atoms with E-state index in [4.69, 9.17) is 9.47 Å². The van der Waals surface area contributed by atoms with Gasteiger partial charge in [0.2, 0.25) is 5.91 Å². The van der Waals surface area contributed by atoms with Crippen molar-refractivity contribution < 1.29 is 19.1 Å². The van der Waals surface area contributed by atoms with Crippen LogP contribution < -0.4 is 5.32 Å². The fraction of sp³-hybridized carbons (Fsp3) is 0.889. The van der Waals surface area contributed by atoms with Crippen molar-refractivity contribution >= 4 is 12.0 Å². The summed E-state index contributed by atoms with van der Waals surface area (Å²) in [6.07, 6.45) is 1.38. The summed E-state index contributed by atoms with van der Waals surface area (Å²) in [7, 11) is 0. The fourth-order valence-electron chi connectivity index (χ4n) is 3.54. The van der Waals surface area contributed by atoms with Crippen LogP contribution in [-0.4, -0.2) is 54.8 Å². The van der Waals surface area contributed by atoms with Crippen LogP contribution in [0.25, 0.3) is 0 Å². The second-order valence-electron chi connectivity index (χ2n) is 8.26. The minimum Gasteiger partial charge on any atom is -0.444 e. The van der Waals surface area contributed by atoms with Crippen molar-refractivity contribution in [1.29, 1.82) is 0 Å². The van der Waals surface area contributed by atoms with E-state index in [2.05, 4.69) is 19.2 Å². The number of nitrogens with one attached hydrogen (secondary N) is 1. The molecule has 4 unspecified atom stereocenters. The third-order valence-corrected chi connectivity index (χ3v) is 4.95. The zero-order valence-corrected chi connectivity index (χ0v) is 15.6. The summed E-state index contributed by atoms with van der Waals surface area (Å²) >= 11 is 0. The summed E-state index contributed by atoms with van der Waals surface area (Å²) in [5.41, 5.74) is -0.499. The van der Waals surface area contributed by atoms with Crippen LogP contribution in [0.1, 0.15) is 47.5 Å². The first-order valence-electron chi connectivity index (χ1n) is 9.02. The lowest BCUT2D eigenvalue weighted by Crippen LogP contribution is -2.53. The summed E-state index contributed by atoms with van der Waals surface area (Å²) in [6, 6.07) is 0.242. The van der Waals surface area contributed by atoms with Gasteiger partial charge in [0.15, 0.2) is 0 Å². The highest BCUT2D eigenvalue weighted by Gasteiger charge is 2.37. The zero-order valence-electron chi connectivity index (χ0n) is 15.6. The van der Waals surface area contributed by atoms with Crippen LogP contribution in [0.2, 0.25) is 0 Å². The molecule has 1 N–H and O–H groups in total. The highest BCUT2D eigenvalue weighted by molar-refractivity contribution is 5.79. The number of nitrogens with zero attached hydrogens (tertiary/aromatic N) is 1. The van der Waals surface area contributed by atoms with E-state index in [1.165, 1.54) is 0 Å². The number of likely N-dealkylation sites (tertiary alicyclic amines) is 1. The highest BCUT2D eigenvalue weighted by atomic mass is 16.6. The molecule has 6 nitrogen and oxygen atoms in total. The van der Waals surface area contributed by atoms with E-state index < -0.39 is 11.7 Å². The minimum atomic E-state index is -0.499. The lowest BCUT2D eigenvalue weighted by molar-refractivity contribution is -0.141. The zero-order chi connectivity index (χ0) is 17.9. The molecule has 2 heterocycles. The van der Waals surface area contributed by atoms with Crippen LogP contribution in [0.3, 0.4) is 0 Å². The fourth-order valence-corrected chi connectivity index (χ4v) is 3.54. The van der Waals surface area contributed by atoms with Crippen molar-refractivity contribution in [1.82, 2.24) is 10.2 Å². The average Bonchev–Trinajstić information content (AvgIpc) is 2.98. The molecule has 0 radical (unpaired) electrons. The summed E-state index contributed by atoms with van der Waals surface area (Å²) in [4.78, 5) is 26.6. The molecule has 2 rings (SSSR count). The Balaban J connectivity index is 1.90. The predicted molar refractivity (Wildman–Crippen MR) is 91.6 cm³/mol. The van der Waals surface area contributed by atoms with E-state index in [0.717, 1.165) is 12.8 Å². The van der Waals surface area contributed by atoms with Gasteiger partial charge in [-0.05, 0) is 52.4 Å². The van der Waals surface area contributed by atoms with E-state index in [1.54, 1.807) is 0 Å². The Morgan fingerprint density at radius 1 is 1.29 bits per heavy atom. The van der Waals surface area contributed by atoms with Gasteiger partial charge in [-0.3, -0.25) is 4.79 Å². The van der Waals surface area contributed by atoms with Gasteiger partial charge in [-0.1, -0.05) is 6.92 Å². The molecule has 0 aliphatic carbocycles. The topological polar surface area (TPSA) is 67.9 Å². The number of rotatable bonds is 3. The Morgan fingerprint density at radius 2 is 2.00 bits per heavy atom. The molecular weight excluding hydrogens is 308 g/mol. The SMILES string of the molecule is CC1CC(C)N(C(=O)C2CCOC2)CC1CNC(=O)OC(C)(C)C. The Labute approximate surface area is 145 Å². The van der Waals surface area contributed by atoms with Gasteiger partial charge in [-0.2, -0.15) is 0 Å². The van der Waals surface area contributed by atoms with E-state index >= 15 is 0 Å². The Morgan fingerprint density at radius 3 is 2.58 bits per heavy atom. The van der Waals surface area contributed by atoms with Gasteiger partial charge >= 0.3 is 6.09 Å². The first-order chi connectivity index (χ1) is 11.2. The molecule has 0 aromatic rings. The second kappa shape index (κ2) is 7.72. The molecule has 0 aromatic carbocycles. The van der Waals surface area contributed by atoms with Gasteiger partial charge in [0, 0.05) is 25.7 Å². The normalized spacial score (nSPS) is 31.0. The lowest BCUT2D eigenvalue weighted by atomic mass is 9.83. The monoisotopic (exact) mass is 340 g/mol. The molecule has 138 valence electrons. The van der Waals surface area contributed by atoms with Crippen molar-refractivity contribution in [2.75, 3.05) is 26.3 Å². The molecule has 2 aliphatic rings. The van der Waals surface area contributed by atoms with Gasteiger partial charge in [0.25, 0.3) is 0 Å². The molecule has 2 saturated heterocycles. The van der Waals surface area contributed by atoms with Crippen LogP contribution in [0, 0.1) is 17.8 Å². The quantitative estimate of drug-likeness (QED) is 0.857. The molecule has 0 saturated carbocycles. The number of ether oxygens (including phenoxy) is 2. The molecule has 2 aliphatic heterocycles. The van der Waals surface area contributed by atoms with E-state index in [0.29, 0.717) is 32.2 Å². The third-order valence-electron chi connectivity index (χ3n) is 4.95. The number of alkyl carbamates (subject to hydrolysis) is 1. The van der Waals surface area contributed by atoms with Crippen molar-refractivity contribution in [2.24, 2.45) is 17.8 Å². The van der Waals surface area contributed by atoms with Crippen molar-refractivity contribution in [3.63, 3.8) is 0 Å².